The van der Waals surface area contributed by atoms with E-state index in [1.54, 1.807) is 0 Å². The van der Waals surface area contributed by atoms with Crippen molar-refractivity contribution in [3.05, 3.63) is 218 Å². The molecule has 4 nitrogen and oxygen atoms in total. The molecule has 0 radical (unpaired) electrons. The lowest BCUT2D eigenvalue weighted by molar-refractivity contribution is 1.22. The Morgan fingerprint density at radius 1 is 0.306 bits per heavy atom. The first kappa shape index (κ1) is 38.9. The standard InChI is InChI=1S/C66H36N4S2/c1-2-16-40-37(15-1)29-32-46-43-19-8-12-26-54(43)69(61(40)46)63-47-22-7-11-25-52(47)67-60-51-34-31-39(36-57(51)72-66(60)63)38-30-33-48-53(35-38)68-59-50-24-10-14-28-56(50)71-65(59)64(48)70-55-27-13-9-23-49(55)58-44-20-5-3-17-41(44)42-18-4-6-21-45(42)62(58)70/h1-36H. The van der Waals surface area contributed by atoms with Gasteiger partial charge in [-0.2, -0.15) is 0 Å². The Morgan fingerprint density at radius 3 is 1.58 bits per heavy atom. The zero-order valence-electron chi connectivity index (χ0n) is 38.4. The summed E-state index contributed by atoms with van der Waals surface area (Å²) in [5.74, 6) is 0. The fraction of sp³-hybridized carbons (Fsp3) is 0. The first-order valence-electron chi connectivity index (χ1n) is 24.5. The Balaban J connectivity index is 0.931. The Bertz CT molecular complexity index is 5240. The smallest absolute Gasteiger partial charge is 0.0917 e. The lowest BCUT2D eigenvalue weighted by Gasteiger charge is -2.16. The summed E-state index contributed by atoms with van der Waals surface area (Å²) >= 11 is 3.69. The number of hydrogen-bond acceptors (Lipinski definition) is 4. The van der Waals surface area contributed by atoms with Crippen molar-refractivity contribution in [3.63, 3.8) is 0 Å². The van der Waals surface area contributed by atoms with Crippen LogP contribution in [-0.4, -0.2) is 19.1 Å². The molecule has 0 fully saturated rings. The molecule has 0 bridgehead atoms. The largest absolute Gasteiger partial charge is 0.306 e. The number of fused-ring (bicyclic) bond motifs is 21. The van der Waals surface area contributed by atoms with Gasteiger partial charge in [-0.1, -0.05) is 182 Å². The van der Waals surface area contributed by atoms with Gasteiger partial charge in [-0.05, 0) is 69.1 Å². The van der Waals surface area contributed by atoms with E-state index < -0.39 is 0 Å². The minimum Gasteiger partial charge on any atom is -0.306 e. The van der Waals surface area contributed by atoms with Gasteiger partial charge in [0.05, 0.1) is 64.9 Å². The van der Waals surface area contributed by atoms with E-state index in [9.17, 15) is 0 Å². The Morgan fingerprint density at radius 2 is 0.792 bits per heavy atom. The second-order valence-electron chi connectivity index (χ2n) is 19.1. The second kappa shape index (κ2) is 14.3. The van der Waals surface area contributed by atoms with Crippen LogP contribution in [0.4, 0.5) is 0 Å². The van der Waals surface area contributed by atoms with Crippen LogP contribution in [0.1, 0.15) is 0 Å². The van der Waals surface area contributed by atoms with Gasteiger partial charge < -0.3 is 9.13 Å². The summed E-state index contributed by atoms with van der Waals surface area (Å²) in [6, 6.07) is 80.4. The third-order valence-corrected chi connectivity index (χ3v) is 17.7. The highest BCUT2D eigenvalue weighted by atomic mass is 32.1. The molecule has 6 aromatic heterocycles. The number of pyridine rings is 2. The van der Waals surface area contributed by atoms with Gasteiger partial charge in [0.2, 0.25) is 0 Å². The SMILES string of the molecule is c1ccc2c(c1)ccc1c3ccccc3n(-c3c4ccccc4nc4c3sc3cc(-c5ccc6c(-n7c8ccccc8c8c9ccccc9c9ccccc9c87)c7sc8ccccc8c7nc6c5)ccc34)c21. The van der Waals surface area contributed by atoms with Gasteiger partial charge in [-0.15, -0.1) is 22.7 Å². The third kappa shape index (κ3) is 5.14. The highest BCUT2D eigenvalue weighted by Gasteiger charge is 2.25. The number of thiophene rings is 2. The van der Waals surface area contributed by atoms with Crippen molar-refractivity contribution in [2.75, 3.05) is 0 Å². The van der Waals surface area contributed by atoms with Crippen LogP contribution in [-0.2, 0) is 0 Å². The Hall–Kier alpha value is -8.94. The fourth-order valence-electron chi connectivity index (χ4n) is 12.4. The van der Waals surface area contributed by atoms with Crippen LogP contribution in [0.5, 0.6) is 0 Å². The molecule has 0 aliphatic rings. The first-order valence-corrected chi connectivity index (χ1v) is 26.1. The van der Waals surface area contributed by atoms with Crippen molar-refractivity contribution in [2.45, 2.75) is 0 Å². The molecule has 17 rings (SSSR count). The number of nitrogens with zero attached hydrogens (tertiary/aromatic N) is 4. The van der Waals surface area contributed by atoms with E-state index in [1.807, 2.05) is 22.7 Å². The lowest BCUT2D eigenvalue weighted by atomic mass is 9.97. The van der Waals surface area contributed by atoms with E-state index in [0.29, 0.717) is 0 Å². The lowest BCUT2D eigenvalue weighted by Crippen LogP contribution is -1.98. The number of benzene rings is 11. The first-order chi connectivity index (χ1) is 35.7. The molecule has 11 aromatic carbocycles. The van der Waals surface area contributed by atoms with E-state index in [-0.39, 0.29) is 0 Å². The van der Waals surface area contributed by atoms with Crippen LogP contribution in [0.2, 0.25) is 0 Å². The summed E-state index contributed by atoms with van der Waals surface area (Å²) in [4.78, 5) is 11.1. The molecular formula is C66H36N4S2. The van der Waals surface area contributed by atoms with Gasteiger partial charge in [-0.25, -0.2) is 9.97 Å². The number of hydrogen-bond donors (Lipinski definition) is 0. The minimum absolute atomic E-state index is 0.972. The molecule has 6 heteroatoms. The molecule has 0 amide bonds. The molecule has 0 unspecified atom stereocenters. The van der Waals surface area contributed by atoms with Crippen molar-refractivity contribution in [3.8, 4) is 22.5 Å². The average molecular weight is 949 g/mol. The molecule has 0 aliphatic heterocycles. The van der Waals surface area contributed by atoms with Gasteiger partial charge in [0.25, 0.3) is 0 Å². The van der Waals surface area contributed by atoms with E-state index in [2.05, 4.69) is 228 Å². The van der Waals surface area contributed by atoms with Crippen LogP contribution in [0.3, 0.4) is 0 Å². The summed E-state index contributed by atoms with van der Waals surface area (Å²) in [6.45, 7) is 0. The number of rotatable bonds is 3. The minimum atomic E-state index is 0.972. The number of para-hydroxylation sites is 3. The van der Waals surface area contributed by atoms with Crippen LogP contribution < -0.4 is 0 Å². The van der Waals surface area contributed by atoms with Crippen molar-refractivity contribution in [2.24, 2.45) is 0 Å². The molecule has 0 spiro atoms. The van der Waals surface area contributed by atoms with Crippen LogP contribution in [0.15, 0.2) is 218 Å². The van der Waals surface area contributed by atoms with Gasteiger partial charge in [-0.3, -0.25) is 0 Å². The van der Waals surface area contributed by atoms with Gasteiger partial charge >= 0.3 is 0 Å². The zero-order valence-corrected chi connectivity index (χ0v) is 40.0. The molecule has 0 saturated carbocycles. The summed E-state index contributed by atoms with van der Waals surface area (Å²) in [5, 5.41) is 17.1. The summed E-state index contributed by atoms with van der Waals surface area (Å²) in [5.41, 5.74) is 13.5. The quantitative estimate of drug-likeness (QED) is 0.165. The fourth-order valence-corrected chi connectivity index (χ4v) is 14.8. The maximum Gasteiger partial charge on any atom is 0.0917 e. The van der Waals surface area contributed by atoms with Gasteiger partial charge in [0.15, 0.2) is 0 Å². The average Bonchev–Trinajstić information content (AvgIpc) is 4.20. The summed E-state index contributed by atoms with van der Waals surface area (Å²) < 4.78 is 9.90. The Labute approximate surface area is 418 Å². The monoisotopic (exact) mass is 948 g/mol. The normalized spacial score (nSPS) is 12.4. The summed E-state index contributed by atoms with van der Waals surface area (Å²) in [6.07, 6.45) is 0. The zero-order chi connectivity index (χ0) is 46.8. The maximum atomic E-state index is 5.62. The van der Waals surface area contributed by atoms with E-state index in [4.69, 9.17) is 9.97 Å². The molecule has 72 heavy (non-hydrogen) atoms. The molecule has 6 heterocycles. The predicted molar refractivity (Wildman–Crippen MR) is 309 cm³/mol. The van der Waals surface area contributed by atoms with Gasteiger partial charge in [0, 0.05) is 63.3 Å². The van der Waals surface area contributed by atoms with Crippen molar-refractivity contribution < 1.29 is 0 Å². The van der Waals surface area contributed by atoms with E-state index in [0.717, 1.165) is 49.4 Å². The number of aromatic nitrogens is 4. The summed E-state index contributed by atoms with van der Waals surface area (Å²) in [7, 11) is 0. The van der Waals surface area contributed by atoms with Crippen molar-refractivity contribution >= 4 is 161 Å². The van der Waals surface area contributed by atoms with E-state index >= 15 is 0 Å². The van der Waals surface area contributed by atoms with Crippen molar-refractivity contribution in [1.29, 1.82) is 0 Å². The third-order valence-electron chi connectivity index (χ3n) is 15.4. The van der Waals surface area contributed by atoms with Crippen LogP contribution >= 0.6 is 22.7 Å². The molecule has 332 valence electrons. The second-order valence-corrected chi connectivity index (χ2v) is 21.2. The van der Waals surface area contributed by atoms with E-state index in [1.165, 1.54) is 111 Å². The molecule has 0 saturated heterocycles. The topological polar surface area (TPSA) is 35.6 Å². The molecule has 0 N–H and O–H groups in total. The molecular weight excluding hydrogens is 913 g/mol. The van der Waals surface area contributed by atoms with Crippen molar-refractivity contribution in [1.82, 2.24) is 19.1 Å². The van der Waals surface area contributed by atoms with Crippen LogP contribution in [0.25, 0.3) is 161 Å². The highest BCUT2D eigenvalue weighted by molar-refractivity contribution is 7.26. The molecule has 0 aliphatic carbocycles. The van der Waals surface area contributed by atoms with Crippen LogP contribution in [0, 0.1) is 0 Å². The maximum absolute atomic E-state index is 5.62. The molecule has 17 aromatic rings. The Kier molecular flexibility index (Phi) is 7.73. The predicted octanol–water partition coefficient (Wildman–Crippen LogP) is 18.8. The molecule has 0 atom stereocenters. The van der Waals surface area contributed by atoms with Gasteiger partial charge in [0.1, 0.15) is 0 Å². The highest BCUT2D eigenvalue weighted by Crippen LogP contribution is 2.49.